The maximum atomic E-state index is 12.7. The molecule has 4 rings (SSSR count). The van der Waals surface area contributed by atoms with Gasteiger partial charge in [0.1, 0.15) is 0 Å². The van der Waals surface area contributed by atoms with E-state index in [1.807, 2.05) is 83.6 Å². The number of rotatable bonds is 8. The average molecular weight is 478 g/mol. The van der Waals surface area contributed by atoms with Crippen LogP contribution in [0.2, 0.25) is 0 Å². The number of thiophene rings is 1. The molecular formula is C24H23N5O2S2. The fourth-order valence-electron chi connectivity index (χ4n) is 3.12. The van der Waals surface area contributed by atoms with Crippen molar-refractivity contribution in [3.63, 3.8) is 0 Å². The Hall–Kier alpha value is -3.43. The molecule has 1 N–H and O–H groups in total. The number of para-hydroxylation sites is 1. The summed E-state index contributed by atoms with van der Waals surface area (Å²) in [5.41, 5.74) is 2.74. The molecule has 0 radical (unpaired) electrons. The normalized spacial score (nSPS) is 10.7. The van der Waals surface area contributed by atoms with Gasteiger partial charge in [-0.05, 0) is 42.6 Å². The summed E-state index contributed by atoms with van der Waals surface area (Å²) in [4.78, 5) is 27.4. The first kappa shape index (κ1) is 22.8. The first-order valence-corrected chi connectivity index (χ1v) is 12.2. The molecule has 0 saturated heterocycles. The van der Waals surface area contributed by atoms with Crippen LogP contribution >= 0.6 is 23.1 Å². The fraction of sp³-hybridized carbons (Fsp3) is 0.167. The Morgan fingerprint density at radius 1 is 1.03 bits per heavy atom. The lowest BCUT2D eigenvalue weighted by molar-refractivity contribution is -0.131. The van der Waals surface area contributed by atoms with Crippen molar-refractivity contribution >= 4 is 40.6 Å². The molecular weight excluding hydrogens is 454 g/mol. The van der Waals surface area contributed by atoms with Crippen molar-refractivity contribution in [2.24, 2.45) is 0 Å². The quantitative estimate of drug-likeness (QED) is 0.378. The summed E-state index contributed by atoms with van der Waals surface area (Å²) >= 11 is 2.88. The number of nitrogens with zero attached hydrogens (tertiary/aromatic N) is 4. The maximum absolute atomic E-state index is 12.7. The van der Waals surface area contributed by atoms with E-state index in [1.54, 1.807) is 18.4 Å². The third-order valence-electron chi connectivity index (χ3n) is 4.86. The molecule has 2 amide bonds. The summed E-state index contributed by atoms with van der Waals surface area (Å²) in [5, 5.41) is 14.1. The van der Waals surface area contributed by atoms with Crippen LogP contribution in [0.4, 0.5) is 5.69 Å². The van der Waals surface area contributed by atoms with Gasteiger partial charge in [-0.1, -0.05) is 53.7 Å². The Balaban J connectivity index is 1.41. The molecule has 0 bridgehead atoms. The van der Waals surface area contributed by atoms with Crippen molar-refractivity contribution in [2.45, 2.75) is 12.1 Å². The van der Waals surface area contributed by atoms with Crippen molar-refractivity contribution in [3.05, 3.63) is 77.7 Å². The summed E-state index contributed by atoms with van der Waals surface area (Å²) in [6, 6.07) is 21.3. The molecule has 0 aliphatic rings. The summed E-state index contributed by atoms with van der Waals surface area (Å²) in [7, 11) is 1.62. The summed E-state index contributed by atoms with van der Waals surface area (Å²) in [6.45, 7) is 1.96. The smallest absolute Gasteiger partial charge is 0.243 e. The minimum absolute atomic E-state index is 0.0287. The van der Waals surface area contributed by atoms with Gasteiger partial charge in [0.15, 0.2) is 11.0 Å². The molecule has 33 heavy (non-hydrogen) atoms. The van der Waals surface area contributed by atoms with E-state index in [-0.39, 0.29) is 24.1 Å². The van der Waals surface area contributed by atoms with E-state index < -0.39 is 0 Å². The van der Waals surface area contributed by atoms with E-state index in [0.29, 0.717) is 10.8 Å². The predicted molar refractivity (Wildman–Crippen MR) is 133 cm³/mol. The number of anilines is 1. The highest BCUT2D eigenvalue weighted by Crippen LogP contribution is 2.30. The van der Waals surface area contributed by atoms with Gasteiger partial charge in [0.05, 0.1) is 17.2 Å². The molecule has 0 aliphatic carbocycles. The van der Waals surface area contributed by atoms with Crippen LogP contribution in [0, 0.1) is 6.92 Å². The van der Waals surface area contributed by atoms with Gasteiger partial charge in [-0.3, -0.25) is 14.2 Å². The molecule has 0 unspecified atom stereocenters. The van der Waals surface area contributed by atoms with E-state index in [1.165, 1.54) is 16.7 Å². The molecule has 0 aliphatic heterocycles. The molecule has 7 nitrogen and oxygen atoms in total. The second-order valence-corrected chi connectivity index (χ2v) is 9.30. The Morgan fingerprint density at radius 3 is 2.48 bits per heavy atom. The topological polar surface area (TPSA) is 80.1 Å². The van der Waals surface area contributed by atoms with Crippen LogP contribution < -0.4 is 5.32 Å². The Morgan fingerprint density at radius 2 is 1.79 bits per heavy atom. The van der Waals surface area contributed by atoms with Gasteiger partial charge in [0.25, 0.3) is 0 Å². The zero-order valence-electron chi connectivity index (χ0n) is 18.3. The largest absolute Gasteiger partial charge is 0.336 e. The van der Waals surface area contributed by atoms with Crippen molar-refractivity contribution in [3.8, 4) is 16.4 Å². The van der Waals surface area contributed by atoms with Crippen LogP contribution in [0.15, 0.2) is 77.3 Å². The molecule has 0 spiro atoms. The number of hydrogen-bond donors (Lipinski definition) is 1. The highest BCUT2D eigenvalue weighted by Gasteiger charge is 2.19. The number of carbonyl (C=O) groups is 2. The lowest BCUT2D eigenvalue weighted by Crippen LogP contribution is -2.36. The number of aromatic nitrogens is 3. The Labute approximate surface area is 200 Å². The molecule has 2 heterocycles. The average Bonchev–Trinajstić information content (AvgIpc) is 3.49. The molecule has 4 aromatic rings. The monoisotopic (exact) mass is 477 g/mol. The molecule has 0 atom stereocenters. The Kier molecular flexibility index (Phi) is 7.21. The molecule has 168 valence electrons. The van der Waals surface area contributed by atoms with E-state index >= 15 is 0 Å². The molecule has 0 saturated carbocycles. The van der Waals surface area contributed by atoms with Gasteiger partial charge in [0.2, 0.25) is 11.8 Å². The number of likely N-dealkylation sites (N-methyl/N-ethyl adjacent to an activating group) is 1. The van der Waals surface area contributed by atoms with Crippen LogP contribution in [-0.2, 0) is 9.59 Å². The number of amides is 2. The fourth-order valence-corrected chi connectivity index (χ4v) is 4.71. The van der Waals surface area contributed by atoms with Gasteiger partial charge in [-0.2, -0.15) is 0 Å². The van der Waals surface area contributed by atoms with Crippen LogP contribution in [-0.4, -0.2) is 50.8 Å². The van der Waals surface area contributed by atoms with Gasteiger partial charge >= 0.3 is 0 Å². The number of hydrogen-bond acceptors (Lipinski definition) is 6. The van der Waals surface area contributed by atoms with Crippen molar-refractivity contribution in [2.75, 3.05) is 24.7 Å². The number of benzene rings is 2. The predicted octanol–water partition coefficient (Wildman–Crippen LogP) is 4.49. The number of nitrogens with one attached hydrogen (secondary N) is 1. The van der Waals surface area contributed by atoms with E-state index in [2.05, 4.69) is 15.5 Å². The van der Waals surface area contributed by atoms with E-state index in [4.69, 9.17) is 0 Å². The van der Waals surface area contributed by atoms with E-state index in [0.717, 1.165) is 22.0 Å². The standard InChI is InChI=1S/C24H23N5O2S2/c1-17-10-12-18(13-11-17)25-21(30)15-28(2)22(31)16-33-24-27-26-23(20-9-6-14-32-20)29(24)19-7-4-3-5-8-19/h3-14H,15-16H2,1-2H3,(H,25,30). The number of carbonyl (C=O) groups excluding carboxylic acids is 2. The van der Waals surface area contributed by atoms with Crippen LogP contribution in [0.3, 0.4) is 0 Å². The number of aryl methyl sites for hydroxylation is 1. The van der Waals surface area contributed by atoms with Crippen LogP contribution in [0.25, 0.3) is 16.4 Å². The molecule has 0 fully saturated rings. The first-order valence-electron chi connectivity index (χ1n) is 10.3. The highest BCUT2D eigenvalue weighted by molar-refractivity contribution is 7.99. The third kappa shape index (κ3) is 5.68. The lowest BCUT2D eigenvalue weighted by atomic mass is 10.2. The third-order valence-corrected chi connectivity index (χ3v) is 6.64. The summed E-state index contributed by atoms with van der Waals surface area (Å²) < 4.78 is 1.95. The first-order chi connectivity index (χ1) is 16.0. The van der Waals surface area contributed by atoms with Gasteiger partial charge in [-0.15, -0.1) is 21.5 Å². The Bertz CT molecular complexity index is 1220. The van der Waals surface area contributed by atoms with E-state index in [9.17, 15) is 9.59 Å². The van der Waals surface area contributed by atoms with Gasteiger partial charge in [-0.25, -0.2) is 0 Å². The van der Waals surface area contributed by atoms with Crippen molar-refractivity contribution in [1.82, 2.24) is 19.7 Å². The minimum Gasteiger partial charge on any atom is -0.336 e. The van der Waals surface area contributed by atoms with Crippen molar-refractivity contribution in [1.29, 1.82) is 0 Å². The lowest BCUT2D eigenvalue weighted by Gasteiger charge is -2.17. The van der Waals surface area contributed by atoms with Crippen LogP contribution in [0.1, 0.15) is 5.56 Å². The highest BCUT2D eigenvalue weighted by atomic mass is 32.2. The maximum Gasteiger partial charge on any atom is 0.243 e. The van der Waals surface area contributed by atoms with Gasteiger partial charge < -0.3 is 10.2 Å². The second-order valence-electron chi connectivity index (χ2n) is 7.41. The molecule has 2 aromatic heterocycles. The molecule has 2 aromatic carbocycles. The number of thioether (sulfide) groups is 1. The summed E-state index contributed by atoms with van der Waals surface area (Å²) in [5.74, 6) is 0.465. The summed E-state index contributed by atoms with van der Waals surface area (Å²) in [6.07, 6.45) is 0. The van der Waals surface area contributed by atoms with Gasteiger partial charge in [0, 0.05) is 18.4 Å². The van der Waals surface area contributed by atoms with Crippen molar-refractivity contribution < 1.29 is 9.59 Å². The second kappa shape index (κ2) is 10.5. The zero-order chi connectivity index (χ0) is 23.2. The SMILES string of the molecule is Cc1ccc(NC(=O)CN(C)C(=O)CSc2nnc(-c3cccs3)n2-c2ccccc2)cc1. The zero-order valence-corrected chi connectivity index (χ0v) is 19.9. The molecule has 9 heteroatoms. The minimum atomic E-state index is -0.243. The van der Waals surface area contributed by atoms with Crippen LogP contribution in [0.5, 0.6) is 0 Å².